The van der Waals surface area contributed by atoms with Gasteiger partial charge in [-0.25, -0.2) is 4.98 Å². The van der Waals surface area contributed by atoms with Gasteiger partial charge < -0.3 is 14.4 Å². The van der Waals surface area contributed by atoms with Crippen LogP contribution in [0, 0.1) is 0 Å². The molecule has 2 atom stereocenters. The first-order chi connectivity index (χ1) is 11.1. The minimum absolute atomic E-state index is 0.129. The molecule has 3 rings (SSSR count). The van der Waals surface area contributed by atoms with Crippen molar-refractivity contribution in [3.8, 4) is 0 Å². The van der Waals surface area contributed by atoms with Crippen LogP contribution in [0.4, 0.5) is 0 Å². The van der Waals surface area contributed by atoms with Gasteiger partial charge in [-0.2, -0.15) is 0 Å². The quantitative estimate of drug-likeness (QED) is 0.822. The van der Waals surface area contributed by atoms with Gasteiger partial charge in [0.1, 0.15) is 10.6 Å². The SMILES string of the molecule is CC(C)N(C)C[C@@H]1CC[C@@]2(COCCN(Cc3nccs3)C2)O1. The molecule has 23 heavy (non-hydrogen) atoms. The molecular weight excluding hydrogens is 310 g/mol. The Balaban J connectivity index is 1.59. The number of rotatable bonds is 5. The average Bonchev–Trinajstić information content (AvgIpc) is 3.09. The van der Waals surface area contributed by atoms with Gasteiger partial charge in [-0.15, -0.1) is 11.3 Å². The smallest absolute Gasteiger partial charge is 0.107 e. The summed E-state index contributed by atoms with van der Waals surface area (Å²) in [6.07, 6.45) is 4.43. The zero-order valence-electron chi connectivity index (χ0n) is 14.5. The lowest BCUT2D eigenvalue weighted by atomic mass is 10.00. The molecule has 0 aromatic carbocycles. The molecule has 0 bridgehead atoms. The third-order valence-corrected chi connectivity index (χ3v) is 5.75. The standard InChI is InChI=1S/C17H29N3O2S/c1-14(2)19(3)10-15-4-5-17(22-15)12-20(7-8-21-13-17)11-16-18-6-9-23-16/h6,9,14-15H,4-5,7-8,10-13H2,1-3H3/t15-,17+/m0/s1. The summed E-state index contributed by atoms with van der Waals surface area (Å²) in [6.45, 7) is 9.80. The highest BCUT2D eigenvalue weighted by molar-refractivity contribution is 7.09. The third kappa shape index (κ3) is 4.51. The van der Waals surface area contributed by atoms with E-state index in [4.69, 9.17) is 9.47 Å². The minimum Gasteiger partial charge on any atom is -0.377 e. The third-order valence-electron chi connectivity index (χ3n) is 4.98. The van der Waals surface area contributed by atoms with Gasteiger partial charge in [0, 0.05) is 37.3 Å². The van der Waals surface area contributed by atoms with Gasteiger partial charge in [0.05, 0.1) is 25.9 Å². The van der Waals surface area contributed by atoms with Crippen LogP contribution in [0.25, 0.3) is 0 Å². The molecule has 2 aliphatic heterocycles. The summed E-state index contributed by atoms with van der Waals surface area (Å²) in [4.78, 5) is 9.23. The Morgan fingerprint density at radius 2 is 2.39 bits per heavy atom. The molecule has 5 nitrogen and oxygen atoms in total. The van der Waals surface area contributed by atoms with Crippen molar-refractivity contribution >= 4 is 11.3 Å². The highest BCUT2D eigenvalue weighted by atomic mass is 32.1. The fourth-order valence-corrected chi connectivity index (χ4v) is 4.08. The molecule has 1 aromatic heterocycles. The topological polar surface area (TPSA) is 37.8 Å². The van der Waals surface area contributed by atoms with Crippen molar-refractivity contribution < 1.29 is 9.47 Å². The summed E-state index contributed by atoms with van der Waals surface area (Å²) in [5.74, 6) is 0. The summed E-state index contributed by atoms with van der Waals surface area (Å²) in [5.41, 5.74) is -0.129. The monoisotopic (exact) mass is 339 g/mol. The van der Waals surface area contributed by atoms with Crippen molar-refractivity contribution in [1.29, 1.82) is 0 Å². The van der Waals surface area contributed by atoms with E-state index in [1.807, 2.05) is 11.6 Å². The fraction of sp³-hybridized carbons (Fsp3) is 0.824. The van der Waals surface area contributed by atoms with E-state index in [2.05, 4.69) is 35.7 Å². The molecule has 0 N–H and O–H groups in total. The van der Waals surface area contributed by atoms with Gasteiger partial charge >= 0.3 is 0 Å². The number of nitrogens with zero attached hydrogens (tertiary/aromatic N) is 3. The zero-order valence-corrected chi connectivity index (χ0v) is 15.3. The maximum absolute atomic E-state index is 6.51. The second-order valence-electron chi connectivity index (χ2n) is 7.18. The zero-order chi connectivity index (χ0) is 16.3. The molecule has 2 aliphatic rings. The van der Waals surface area contributed by atoms with Crippen LogP contribution in [0.1, 0.15) is 31.7 Å². The minimum atomic E-state index is -0.129. The maximum Gasteiger partial charge on any atom is 0.107 e. The Bertz CT molecular complexity index is 482. The molecule has 3 heterocycles. The number of aromatic nitrogens is 1. The fourth-order valence-electron chi connectivity index (χ4n) is 3.42. The second-order valence-corrected chi connectivity index (χ2v) is 8.16. The van der Waals surface area contributed by atoms with E-state index in [0.717, 1.165) is 52.2 Å². The molecule has 2 fully saturated rings. The van der Waals surface area contributed by atoms with Gasteiger partial charge in [0.2, 0.25) is 0 Å². The van der Waals surface area contributed by atoms with Crippen LogP contribution in [-0.4, -0.2) is 72.4 Å². The molecule has 0 saturated carbocycles. The first-order valence-electron chi connectivity index (χ1n) is 8.63. The highest BCUT2D eigenvalue weighted by Gasteiger charge is 2.43. The first-order valence-corrected chi connectivity index (χ1v) is 9.51. The molecule has 6 heteroatoms. The van der Waals surface area contributed by atoms with Gasteiger partial charge in [0.25, 0.3) is 0 Å². The Morgan fingerprint density at radius 3 is 3.13 bits per heavy atom. The lowest BCUT2D eigenvalue weighted by Gasteiger charge is -2.32. The van der Waals surface area contributed by atoms with Crippen LogP contribution in [-0.2, 0) is 16.0 Å². The number of likely N-dealkylation sites (N-methyl/N-ethyl adjacent to an activating group) is 1. The van der Waals surface area contributed by atoms with E-state index in [0.29, 0.717) is 12.1 Å². The van der Waals surface area contributed by atoms with E-state index < -0.39 is 0 Å². The maximum atomic E-state index is 6.51. The Labute approximate surface area is 143 Å². The van der Waals surface area contributed by atoms with Gasteiger partial charge in [-0.05, 0) is 33.7 Å². The summed E-state index contributed by atoms with van der Waals surface area (Å²) in [7, 11) is 2.18. The lowest BCUT2D eigenvalue weighted by molar-refractivity contribution is -0.0924. The van der Waals surface area contributed by atoms with Gasteiger partial charge in [-0.3, -0.25) is 4.90 Å². The molecular formula is C17H29N3O2S. The average molecular weight is 340 g/mol. The van der Waals surface area contributed by atoms with Crippen LogP contribution in [0.3, 0.4) is 0 Å². The van der Waals surface area contributed by atoms with Crippen LogP contribution in [0.2, 0.25) is 0 Å². The van der Waals surface area contributed by atoms with E-state index >= 15 is 0 Å². The summed E-state index contributed by atoms with van der Waals surface area (Å²) >= 11 is 1.73. The molecule has 130 valence electrons. The molecule has 2 saturated heterocycles. The van der Waals surface area contributed by atoms with Crippen molar-refractivity contribution in [3.63, 3.8) is 0 Å². The number of hydrogen-bond acceptors (Lipinski definition) is 6. The number of ether oxygens (including phenoxy) is 2. The second kappa shape index (κ2) is 7.57. The van der Waals surface area contributed by atoms with Gasteiger partial charge in [-0.1, -0.05) is 0 Å². The number of hydrogen-bond donors (Lipinski definition) is 0. The van der Waals surface area contributed by atoms with Crippen molar-refractivity contribution in [3.05, 3.63) is 16.6 Å². The Kier molecular flexibility index (Phi) is 5.69. The molecule has 1 aromatic rings. The van der Waals surface area contributed by atoms with Crippen molar-refractivity contribution in [2.24, 2.45) is 0 Å². The normalized spacial score (nSPS) is 29.7. The van der Waals surface area contributed by atoms with E-state index in [9.17, 15) is 0 Å². The van der Waals surface area contributed by atoms with Crippen LogP contribution in [0.5, 0.6) is 0 Å². The molecule has 0 amide bonds. The van der Waals surface area contributed by atoms with E-state index in [-0.39, 0.29) is 5.60 Å². The predicted molar refractivity (Wildman–Crippen MR) is 92.8 cm³/mol. The molecule has 0 aliphatic carbocycles. The van der Waals surface area contributed by atoms with Crippen LogP contribution in [0.15, 0.2) is 11.6 Å². The van der Waals surface area contributed by atoms with Crippen molar-refractivity contribution in [2.45, 2.75) is 51.0 Å². The lowest BCUT2D eigenvalue weighted by Crippen LogP contribution is -2.45. The van der Waals surface area contributed by atoms with Crippen molar-refractivity contribution in [2.75, 3.05) is 39.9 Å². The summed E-state index contributed by atoms with van der Waals surface area (Å²) in [5, 5.41) is 3.22. The largest absolute Gasteiger partial charge is 0.377 e. The molecule has 0 unspecified atom stereocenters. The molecule has 0 radical (unpaired) electrons. The van der Waals surface area contributed by atoms with Gasteiger partial charge in [0.15, 0.2) is 0 Å². The summed E-state index contributed by atoms with van der Waals surface area (Å²) in [6, 6.07) is 0.557. The van der Waals surface area contributed by atoms with Crippen LogP contribution >= 0.6 is 11.3 Å². The van der Waals surface area contributed by atoms with Crippen molar-refractivity contribution in [1.82, 2.24) is 14.8 Å². The highest BCUT2D eigenvalue weighted by Crippen LogP contribution is 2.34. The van der Waals surface area contributed by atoms with Crippen LogP contribution < -0.4 is 0 Å². The predicted octanol–water partition coefficient (Wildman–Crippen LogP) is 2.23. The first kappa shape index (κ1) is 17.3. The number of thiazole rings is 1. The van der Waals surface area contributed by atoms with E-state index in [1.54, 1.807) is 11.3 Å². The Hall–Kier alpha value is -0.530. The Morgan fingerprint density at radius 1 is 1.52 bits per heavy atom. The summed E-state index contributed by atoms with van der Waals surface area (Å²) < 4.78 is 12.4. The van der Waals surface area contributed by atoms with E-state index in [1.165, 1.54) is 5.01 Å². The molecule has 1 spiro atoms.